The first-order valence-electron chi connectivity index (χ1n) is 17.6. The zero-order valence-corrected chi connectivity index (χ0v) is 34.4. The molecule has 6 rings (SSSR count). The molecule has 1 saturated heterocycles. The van der Waals surface area contributed by atoms with Crippen molar-refractivity contribution < 1.29 is 40.9 Å². The SMILES string of the molecule is COc1ccc(CN(Cc2ccc(OC)cc2)S(=O)(=O)c2cc(F)c(-c3nc4cc(C)c(F)cn4c3C[C@H]3CN(C(=O)OC(C)(C)C)CCO3)c(I)c2)cc1. The van der Waals surface area contributed by atoms with Crippen molar-refractivity contribution in [3.05, 3.63) is 111 Å². The third-order valence-corrected chi connectivity index (χ3v) is 11.8. The molecule has 3 aromatic carbocycles. The number of aromatic nitrogens is 2. The average Bonchev–Trinajstić information content (AvgIpc) is 3.46. The van der Waals surface area contributed by atoms with Crippen LogP contribution in [0.4, 0.5) is 13.6 Å². The van der Waals surface area contributed by atoms with E-state index in [1.165, 1.54) is 16.6 Å². The number of pyridine rings is 1. The first kappa shape index (κ1) is 40.3. The Kier molecular flexibility index (Phi) is 12.0. The van der Waals surface area contributed by atoms with E-state index in [1.54, 1.807) is 106 Å². The lowest BCUT2D eigenvalue weighted by molar-refractivity contribution is -0.0418. The lowest BCUT2D eigenvalue weighted by Crippen LogP contribution is -2.48. The summed E-state index contributed by atoms with van der Waals surface area (Å²) in [6.45, 7) is 7.73. The predicted molar refractivity (Wildman–Crippen MR) is 212 cm³/mol. The zero-order chi connectivity index (χ0) is 39.7. The minimum absolute atomic E-state index is 0.00149. The highest BCUT2D eigenvalue weighted by atomic mass is 127. The molecule has 15 heteroatoms. The second-order valence-corrected chi connectivity index (χ2v) is 17.4. The number of sulfonamides is 1. The number of benzene rings is 3. The molecular formula is C40H43F2IN4O7S. The molecule has 0 saturated carbocycles. The highest BCUT2D eigenvalue weighted by Crippen LogP contribution is 2.36. The molecule has 292 valence electrons. The number of morpholine rings is 1. The summed E-state index contributed by atoms with van der Waals surface area (Å²) < 4.78 is 85.9. The number of nitrogens with zero attached hydrogens (tertiary/aromatic N) is 4. The summed E-state index contributed by atoms with van der Waals surface area (Å²) in [5, 5.41) is 0. The summed E-state index contributed by atoms with van der Waals surface area (Å²) in [5.74, 6) is -0.0514. The highest BCUT2D eigenvalue weighted by molar-refractivity contribution is 14.1. The fourth-order valence-corrected chi connectivity index (χ4v) is 8.84. The van der Waals surface area contributed by atoms with Crippen LogP contribution in [0.2, 0.25) is 0 Å². The van der Waals surface area contributed by atoms with Crippen molar-refractivity contribution in [1.82, 2.24) is 18.6 Å². The summed E-state index contributed by atoms with van der Waals surface area (Å²) in [7, 11) is -1.19. The van der Waals surface area contributed by atoms with Crippen molar-refractivity contribution >= 4 is 44.4 Å². The quantitative estimate of drug-likeness (QED) is 0.124. The number of amides is 1. The number of carbonyl (C=O) groups excluding carboxylic acids is 1. The molecule has 1 fully saturated rings. The van der Waals surface area contributed by atoms with Crippen molar-refractivity contribution in [3.8, 4) is 22.8 Å². The molecule has 5 aromatic rings. The van der Waals surface area contributed by atoms with Gasteiger partial charge in [0.25, 0.3) is 0 Å². The van der Waals surface area contributed by atoms with Crippen LogP contribution in [-0.4, -0.2) is 78.7 Å². The summed E-state index contributed by atoms with van der Waals surface area (Å²) >= 11 is 1.92. The monoisotopic (exact) mass is 888 g/mol. The van der Waals surface area contributed by atoms with Crippen molar-refractivity contribution in [2.75, 3.05) is 33.9 Å². The Morgan fingerprint density at radius 2 is 1.56 bits per heavy atom. The second kappa shape index (κ2) is 16.4. The number of rotatable bonds is 11. The van der Waals surface area contributed by atoms with Crippen LogP contribution < -0.4 is 9.47 Å². The third-order valence-electron chi connectivity index (χ3n) is 9.14. The molecule has 0 unspecified atom stereocenters. The molecule has 1 amide bonds. The van der Waals surface area contributed by atoms with E-state index in [9.17, 15) is 13.2 Å². The van der Waals surface area contributed by atoms with Gasteiger partial charge in [-0.05, 0) is 109 Å². The number of hydrogen-bond donors (Lipinski definition) is 0. The molecule has 2 aromatic heterocycles. The number of hydrogen-bond acceptors (Lipinski definition) is 8. The highest BCUT2D eigenvalue weighted by Gasteiger charge is 2.32. The van der Waals surface area contributed by atoms with Crippen molar-refractivity contribution in [2.45, 2.75) is 63.8 Å². The van der Waals surface area contributed by atoms with Crippen LogP contribution in [0.5, 0.6) is 11.5 Å². The molecule has 0 N–H and O–H groups in total. The Hall–Kier alpha value is -4.32. The van der Waals surface area contributed by atoms with Gasteiger partial charge in [0.1, 0.15) is 34.4 Å². The standard InChI is InChI=1S/C40H43F2IN4O7S/c1-25-17-36-44-38(35(47(36)24-33(25)42)18-30-23-45(15-16-53-30)39(48)54-40(2,3)4)37-32(41)19-31(20-34(37)43)55(49,50)46(21-26-7-11-28(51-5)12-8-26)22-27-9-13-29(52-6)14-10-27/h7-14,17,19-20,24,30H,15-16,18,21-23H2,1-6H3/t30-/m0/s1. The molecule has 3 heterocycles. The number of methoxy groups -OCH3 is 2. The molecule has 0 bridgehead atoms. The van der Waals surface area contributed by atoms with Gasteiger partial charge < -0.3 is 28.2 Å². The van der Waals surface area contributed by atoms with Crippen molar-refractivity contribution in [1.29, 1.82) is 0 Å². The number of aryl methyl sites for hydroxylation is 1. The Labute approximate surface area is 333 Å². The van der Waals surface area contributed by atoms with E-state index >= 15 is 8.78 Å². The van der Waals surface area contributed by atoms with Gasteiger partial charge in [0.05, 0.1) is 55.3 Å². The largest absolute Gasteiger partial charge is 0.497 e. The zero-order valence-electron chi connectivity index (χ0n) is 31.4. The smallest absolute Gasteiger partial charge is 0.410 e. The Morgan fingerprint density at radius 3 is 2.11 bits per heavy atom. The first-order valence-corrected chi connectivity index (χ1v) is 20.1. The fourth-order valence-electron chi connectivity index (χ4n) is 6.32. The van der Waals surface area contributed by atoms with E-state index in [-0.39, 0.29) is 52.4 Å². The van der Waals surface area contributed by atoms with Crippen LogP contribution in [0.15, 0.2) is 77.8 Å². The predicted octanol–water partition coefficient (Wildman–Crippen LogP) is 7.78. The summed E-state index contributed by atoms with van der Waals surface area (Å²) in [5.41, 5.74) is 2.17. The van der Waals surface area contributed by atoms with Crippen LogP contribution in [0.1, 0.15) is 43.2 Å². The normalized spacial score (nSPS) is 15.1. The van der Waals surface area contributed by atoms with Crippen LogP contribution in [-0.2, 0) is 39.0 Å². The van der Waals surface area contributed by atoms with Gasteiger partial charge in [-0.25, -0.2) is 27.0 Å². The summed E-state index contributed by atoms with van der Waals surface area (Å²) in [6.07, 6.45) is 0.413. The van der Waals surface area contributed by atoms with Gasteiger partial charge in [0.2, 0.25) is 10.0 Å². The van der Waals surface area contributed by atoms with Gasteiger partial charge in [-0.2, -0.15) is 4.31 Å². The number of carbonyl (C=O) groups is 1. The van der Waals surface area contributed by atoms with Crippen molar-refractivity contribution in [2.24, 2.45) is 0 Å². The minimum atomic E-state index is -4.29. The van der Waals surface area contributed by atoms with E-state index in [0.717, 1.165) is 6.07 Å². The second-order valence-electron chi connectivity index (χ2n) is 14.3. The van der Waals surface area contributed by atoms with Crippen molar-refractivity contribution in [3.63, 3.8) is 0 Å². The van der Waals surface area contributed by atoms with Gasteiger partial charge in [0.15, 0.2) is 0 Å². The summed E-state index contributed by atoms with van der Waals surface area (Å²) in [6, 6.07) is 18.1. The molecule has 0 aliphatic carbocycles. The van der Waals surface area contributed by atoms with E-state index in [0.29, 0.717) is 46.1 Å². The maximum absolute atomic E-state index is 16.6. The van der Waals surface area contributed by atoms with E-state index in [1.807, 2.05) is 22.6 Å². The van der Waals surface area contributed by atoms with Crippen LogP contribution in [0, 0.1) is 22.1 Å². The number of fused-ring (bicyclic) bond motifs is 1. The molecule has 1 aliphatic heterocycles. The maximum Gasteiger partial charge on any atom is 0.410 e. The average molecular weight is 889 g/mol. The number of ether oxygens (including phenoxy) is 4. The van der Waals surface area contributed by atoms with Crippen LogP contribution in [0.25, 0.3) is 16.9 Å². The molecule has 11 nitrogen and oxygen atoms in total. The molecular weight excluding hydrogens is 845 g/mol. The number of imidazole rings is 1. The number of halogens is 3. The topological polar surface area (TPSA) is 112 Å². The lowest BCUT2D eigenvalue weighted by atomic mass is 10.0. The summed E-state index contributed by atoms with van der Waals surface area (Å²) in [4.78, 5) is 19.0. The van der Waals surface area contributed by atoms with E-state index in [2.05, 4.69) is 0 Å². The van der Waals surface area contributed by atoms with Gasteiger partial charge in [-0.3, -0.25) is 0 Å². The minimum Gasteiger partial charge on any atom is -0.497 e. The Balaban J connectivity index is 1.38. The molecule has 0 spiro atoms. The molecule has 1 atom stereocenters. The maximum atomic E-state index is 16.6. The Morgan fingerprint density at radius 1 is 0.964 bits per heavy atom. The van der Waals surface area contributed by atoms with Gasteiger partial charge in [-0.15, -0.1) is 0 Å². The lowest BCUT2D eigenvalue weighted by Gasteiger charge is -2.34. The molecule has 0 radical (unpaired) electrons. The van der Waals surface area contributed by atoms with Crippen LogP contribution in [0.3, 0.4) is 0 Å². The van der Waals surface area contributed by atoms with E-state index < -0.39 is 39.5 Å². The van der Waals surface area contributed by atoms with Gasteiger partial charge in [0, 0.05) is 35.8 Å². The third kappa shape index (κ3) is 9.22. The molecule has 1 aliphatic rings. The van der Waals surface area contributed by atoms with Gasteiger partial charge in [-0.1, -0.05) is 24.3 Å². The molecule has 55 heavy (non-hydrogen) atoms. The van der Waals surface area contributed by atoms with Gasteiger partial charge >= 0.3 is 6.09 Å². The van der Waals surface area contributed by atoms with E-state index in [4.69, 9.17) is 23.9 Å². The Bertz CT molecular complexity index is 2220. The first-order chi connectivity index (χ1) is 26.1. The van der Waals surface area contributed by atoms with Crippen LogP contribution >= 0.6 is 22.6 Å². The fraction of sp³-hybridized carbons (Fsp3) is 0.350.